The molecule has 0 aliphatic rings. The molecule has 14 heavy (non-hydrogen) atoms. The van der Waals surface area contributed by atoms with Gasteiger partial charge in [-0.2, -0.15) is 0 Å². The lowest BCUT2D eigenvalue weighted by atomic mass is 10.1. The molecule has 0 aliphatic heterocycles. The molecule has 0 amide bonds. The SMILES string of the molecule is C=CCO/N=C(\CC)c1ccccc1. The van der Waals surface area contributed by atoms with Gasteiger partial charge in [0.1, 0.15) is 6.61 Å². The lowest BCUT2D eigenvalue weighted by molar-refractivity contribution is 0.174. The summed E-state index contributed by atoms with van der Waals surface area (Å²) in [6.45, 7) is 6.08. The first kappa shape index (κ1) is 10.5. The summed E-state index contributed by atoms with van der Waals surface area (Å²) in [5.74, 6) is 0. The zero-order valence-corrected chi connectivity index (χ0v) is 8.44. The summed E-state index contributed by atoms with van der Waals surface area (Å²) < 4.78 is 0. The molecule has 0 fully saturated rings. The lowest BCUT2D eigenvalue weighted by Crippen LogP contribution is -2.00. The maximum Gasteiger partial charge on any atom is 0.135 e. The van der Waals surface area contributed by atoms with Gasteiger partial charge >= 0.3 is 0 Å². The first-order valence-electron chi connectivity index (χ1n) is 4.73. The first-order valence-corrected chi connectivity index (χ1v) is 4.73. The summed E-state index contributed by atoms with van der Waals surface area (Å²) in [4.78, 5) is 5.06. The molecule has 0 atom stereocenters. The Morgan fingerprint density at radius 2 is 2.14 bits per heavy atom. The van der Waals surface area contributed by atoms with Crippen molar-refractivity contribution >= 4 is 5.71 Å². The summed E-state index contributed by atoms with van der Waals surface area (Å²) in [7, 11) is 0. The number of hydrogen-bond acceptors (Lipinski definition) is 2. The van der Waals surface area contributed by atoms with E-state index < -0.39 is 0 Å². The van der Waals surface area contributed by atoms with Crippen molar-refractivity contribution in [2.24, 2.45) is 5.16 Å². The van der Waals surface area contributed by atoms with Gasteiger partial charge in [-0.3, -0.25) is 0 Å². The van der Waals surface area contributed by atoms with Gasteiger partial charge in [0, 0.05) is 0 Å². The minimum Gasteiger partial charge on any atom is -0.391 e. The molecule has 0 saturated heterocycles. The lowest BCUT2D eigenvalue weighted by Gasteiger charge is -2.02. The average Bonchev–Trinajstić information content (AvgIpc) is 2.26. The fraction of sp³-hybridized carbons (Fsp3) is 0.250. The van der Waals surface area contributed by atoms with Gasteiger partial charge in [0.2, 0.25) is 0 Å². The van der Waals surface area contributed by atoms with Crippen LogP contribution in [0.2, 0.25) is 0 Å². The topological polar surface area (TPSA) is 21.6 Å². The second-order valence-corrected chi connectivity index (χ2v) is 2.84. The molecule has 0 aromatic heterocycles. The molecule has 0 spiro atoms. The van der Waals surface area contributed by atoms with E-state index in [-0.39, 0.29) is 0 Å². The van der Waals surface area contributed by atoms with Gasteiger partial charge in [0.15, 0.2) is 0 Å². The van der Waals surface area contributed by atoms with Crippen molar-refractivity contribution in [1.29, 1.82) is 0 Å². The second-order valence-electron chi connectivity index (χ2n) is 2.84. The molecule has 2 nitrogen and oxygen atoms in total. The Labute approximate surface area is 84.9 Å². The summed E-state index contributed by atoms with van der Waals surface area (Å²) >= 11 is 0. The van der Waals surface area contributed by atoms with Crippen molar-refractivity contribution < 1.29 is 4.84 Å². The van der Waals surface area contributed by atoms with Crippen molar-refractivity contribution in [3.05, 3.63) is 48.6 Å². The van der Waals surface area contributed by atoms with Crippen LogP contribution in [0.15, 0.2) is 48.1 Å². The largest absolute Gasteiger partial charge is 0.391 e. The van der Waals surface area contributed by atoms with Gasteiger partial charge in [-0.25, -0.2) is 0 Å². The Morgan fingerprint density at radius 3 is 2.71 bits per heavy atom. The molecule has 1 aromatic rings. The third-order valence-electron chi connectivity index (χ3n) is 1.81. The number of nitrogens with zero attached hydrogens (tertiary/aromatic N) is 1. The fourth-order valence-electron chi connectivity index (χ4n) is 1.12. The maximum absolute atomic E-state index is 5.06. The summed E-state index contributed by atoms with van der Waals surface area (Å²) in [6.07, 6.45) is 2.54. The number of rotatable bonds is 5. The molecule has 0 aliphatic carbocycles. The molecule has 0 N–H and O–H groups in total. The van der Waals surface area contributed by atoms with E-state index in [2.05, 4.69) is 18.7 Å². The van der Waals surface area contributed by atoms with Crippen LogP contribution in [0, 0.1) is 0 Å². The van der Waals surface area contributed by atoms with Gasteiger partial charge < -0.3 is 4.84 Å². The molecule has 0 radical (unpaired) electrons. The minimum absolute atomic E-state index is 0.455. The Bertz CT molecular complexity index is 303. The maximum atomic E-state index is 5.06. The molecule has 74 valence electrons. The number of hydrogen-bond donors (Lipinski definition) is 0. The van der Waals surface area contributed by atoms with Crippen molar-refractivity contribution in [2.75, 3.05) is 6.61 Å². The average molecular weight is 189 g/mol. The molecule has 1 aromatic carbocycles. The van der Waals surface area contributed by atoms with Gasteiger partial charge in [0.05, 0.1) is 5.71 Å². The number of oxime groups is 1. The van der Waals surface area contributed by atoms with Crippen LogP contribution in [0.4, 0.5) is 0 Å². The van der Waals surface area contributed by atoms with E-state index in [1.807, 2.05) is 30.3 Å². The van der Waals surface area contributed by atoms with E-state index >= 15 is 0 Å². The molecule has 0 saturated carbocycles. The van der Waals surface area contributed by atoms with E-state index in [4.69, 9.17) is 4.84 Å². The highest BCUT2D eigenvalue weighted by molar-refractivity contribution is 5.99. The van der Waals surface area contributed by atoms with Crippen molar-refractivity contribution in [3.63, 3.8) is 0 Å². The van der Waals surface area contributed by atoms with Crippen LogP contribution < -0.4 is 0 Å². The smallest absolute Gasteiger partial charge is 0.135 e. The highest BCUT2D eigenvalue weighted by Crippen LogP contribution is 2.04. The fourth-order valence-corrected chi connectivity index (χ4v) is 1.12. The zero-order valence-electron chi connectivity index (χ0n) is 8.44. The second kappa shape index (κ2) is 5.97. The monoisotopic (exact) mass is 189 g/mol. The van der Waals surface area contributed by atoms with Crippen LogP contribution in [0.25, 0.3) is 0 Å². The Kier molecular flexibility index (Phi) is 4.48. The van der Waals surface area contributed by atoms with Gasteiger partial charge in [-0.05, 0) is 12.0 Å². The van der Waals surface area contributed by atoms with Crippen molar-refractivity contribution in [2.45, 2.75) is 13.3 Å². The highest BCUT2D eigenvalue weighted by Gasteiger charge is 1.99. The van der Waals surface area contributed by atoms with E-state index in [1.54, 1.807) is 6.08 Å². The van der Waals surface area contributed by atoms with Crippen molar-refractivity contribution in [1.82, 2.24) is 0 Å². The Hall–Kier alpha value is -1.57. The van der Waals surface area contributed by atoms with Gasteiger partial charge in [-0.1, -0.05) is 55.1 Å². The van der Waals surface area contributed by atoms with Crippen LogP contribution in [-0.2, 0) is 4.84 Å². The highest BCUT2D eigenvalue weighted by atomic mass is 16.6. The molecule has 2 heteroatoms. The van der Waals surface area contributed by atoms with E-state index in [0.29, 0.717) is 6.61 Å². The summed E-state index contributed by atoms with van der Waals surface area (Å²) in [5, 5.41) is 4.05. The van der Waals surface area contributed by atoms with Crippen LogP contribution in [0.5, 0.6) is 0 Å². The third-order valence-corrected chi connectivity index (χ3v) is 1.81. The van der Waals surface area contributed by atoms with Crippen LogP contribution in [0.1, 0.15) is 18.9 Å². The van der Waals surface area contributed by atoms with E-state index in [1.165, 1.54) is 0 Å². The molecule has 1 rings (SSSR count). The Morgan fingerprint density at radius 1 is 1.43 bits per heavy atom. The molecular formula is C12H15NO. The molecule has 0 unspecified atom stereocenters. The molecule has 0 bridgehead atoms. The Balaban J connectivity index is 2.71. The van der Waals surface area contributed by atoms with Crippen molar-refractivity contribution in [3.8, 4) is 0 Å². The van der Waals surface area contributed by atoms with Gasteiger partial charge in [0.25, 0.3) is 0 Å². The van der Waals surface area contributed by atoms with Crippen LogP contribution in [0.3, 0.4) is 0 Å². The summed E-state index contributed by atoms with van der Waals surface area (Å²) in [5.41, 5.74) is 2.08. The third kappa shape index (κ3) is 3.05. The van der Waals surface area contributed by atoms with E-state index in [0.717, 1.165) is 17.7 Å². The van der Waals surface area contributed by atoms with Crippen LogP contribution in [-0.4, -0.2) is 12.3 Å². The first-order chi connectivity index (χ1) is 6.88. The minimum atomic E-state index is 0.455. The normalized spacial score (nSPS) is 11.1. The van der Waals surface area contributed by atoms with Gasteiger partial charge in [-0.15, -0.1) is 0 Å². The number of benzene rings is 1. The predicted octanol–water partition coefficient (Wildman–Crippen LogP) is 3.00. The quantitative estimate of drug-likeness (QED) is 0.302. The zero-order chi connectivity index (χ0) is 10.2. The van der Waals surface area contributed by atoms with E-state index in [9.17, 15) is 0 Å². The molecular weight excluding hydrogens is 174 g/mol. The summed E-state index contributed by atoms with van der Waals surface area (Å²) in [6, 6.07) is 10.0. The van der Waals surface area contributed by atoms with Crippen LogP contribution >= 0.6 is 0 Å². The standard InChI is InChI=1S/C12H15NO/c1-3-10-14-13-12(4-2)11-8-6-5-7-9-11/h3,5-9H,1,4,10H2,2H3/b13-12+. The predicted molar refractivity (Wildman–Crippen MR) is 59.4 cm³/mol. The molecule has 0 heterocycles.